The molecular formula is C28H33NO10. The Hall–Kier alpha value is -4.35. The molecule has 0 saturated carbocycles. The highest BCUT2D eigenvalue weighted by atomic mass is 16.6. The first-order valence-corrected chi connectivity index (χ1v) is 12.0. The fourth-order valence-corrected chi connectivity index (χ4v) is 3.14. The molecule has 2 aromatic rings. The van der Waals surface area contributed by atoms with Gasteiger partial charge in [-0.15, -0.1) is 0 Å². The third-order valence-corrected chi connectivity index (χ3v) is 5.04. The number of ketones is 2. The van der Waals surface area contributed by atoms with E-state index in [1.165, 1.54) is 32.4 Å². The van der Waals surface area contributed by atoms with Crippen molar-refractivity contribution in [2.75, 3.05) is 53.8 Å². The predicted octanol–water partition coefficient (Wildman–Crippen LogP) is 3.34. The number of benzene rings is 2. The van der Waals surface area contributed by atoms with Crippen LogP contribution in [0.25, 0.3) is 12.2 Å². The van der Waals surface area contributed by atoms with Gasteiger partial charge in [0, 0.05) is 6.54 Å². The van der Waals surface area contributed by atoms with Crippen molar-refractivity contribution < 1.29 is 48.3 Å². The second kappa shape index (κ2) is 17.2. The third-order valence-electron chi connectivity index (χ3n) is 5.04. The van der Waals surface area contributed by atoms with E-state index in [0.717, 1.165) is 0 Å². The summed E-state index contributed by atoms with van der Waals surface area (Å²) in [5.41, 5.74) is 1.34. The quantitative estimate of drug-likeness (QED) is 0.145. The van der Waals surface area contributed by atoms with Gasteiger partial charge in [-0.25, -0.2) is 4.79 Å². The summed E-state index contributed by atoms with van der Waals surface area (Å²) < 4.78 is 26.7. The summed E-state index contributed by atoms with van der Waals surface area (Å²) in [7, 11) is 2.93. The largest absolute Gasteiger partial charge is 0.504 e. The smallest absolute Gasteiger partial charge is 0.404 e. The van der Waals surface area contributed by atoms with Crippen LogP contribution in [-0.2, 0) is 19.1 Å². The zero-order chi connectivity index (χ0) is 28.5. The molecule has 0 aliphatic heterocycles. The Labute approximate surface area is 226 Å². The number of methoxy groups -OCH3 is 2. The van der Waals surface area contributed by atoms with Crippen LogP contribution in [0.5, 0.6) is 23.0 Å². The Balaban J connectivity index is 1.75. The Kier molecular flexibility index (Phi) is 13.6. The van der Waals surface area contributed by atoms with Crippen LogP contribution >= 0.6 is 0 Å². The summed E-state index contributed by atoms with van der Waals surface area (Å²) in [4.78, 5) is 34.7. The SMILES string of the molecule is COc1cc(/C=C/C(=O)CC(=O)/C=C/c2ccc(OCCOCCOCCNC(=O)O)c(OC)c2)ccc1O. The van der Waals surface area contributed by atoms with Gasteiger partial charge in [0.15, 0.2) is 34.6 Å². The molecule has 0 heterocycles. The maximum absolute atomic E-state index is 12.2. The molecule has 11 heteroatoms. The van der Waals surface area contributed by atoms with Crippen LogP contribution in [0, 0.1) is 0 Å². The Morgan fingerprint density at radius 1 is 0.769 bits per heavy atom. The lowest BCUT2D eigenvalue weighted by molar-refractivity contribution is -0.121. The summed E-state index contributed by atoms with van der Waals surface area (Å²) in [6.45, 7) is 1.75. The van der Waals surface area contributed by atoms with Crippen LogP contribution in [0.2, 0.25) is 0 Å². The fraction of sp³-hybridized carbons (Fsp3) is 0.321. The van der Waals surface area contributed by atoms with E-state index in [4.69, 9.17) is 28.8 Å². The number of aromatic hydroxyl groups is 1. The predicted molar refractivity (Wildman–Crippen MR) is 144 cm³/mol. The number of carbonyl (C=O) groups excluding carboxylic acids is 2. The molecule has 0 aliphatic rings. The number of allylic oxidation sites excluding steroid dienone is 2. The van der Waals surface area contributed by atoms with Gasteiger partial charge in [0.1, 0.15) is 6.61 Å². The number of amides is 1. The first kappa shape index (κ1) is 30.9. The molecule has 3 N–H and O–H groups in total. The Bertz CT molecular complexity index is 1160. The molecule has 1 amide bonds. The molecule has 0 radical (unpaired) electrons. The minimum atomic E-state index is -1.09. The molecular weight excluding hydrogens is 510 g/mol. The lowest BCUT2D eigenvalue weighted by Crippen LogP contribution is -2.25. The molecule has 11 nitrogen and oxygen atoms in total. The fourth-order valence-electron chi connectivity index (χ4n) is 3.14. The van der Waals surface area contributed by atoms with Crippen molar-refractivity contribution in [3.8, 4) is 23.0 Å². The standard InChI is InChI=1S/C28H33NO10/c1-35-26-17-20(5-9-24(26)32)3-7-22(30)19-23(31)8-4-21-6-10-25(27(18-21)36-2)39-16-15-38-14-13-37-12-11-29-28(33)34/h3-10,17-18,29,32H,11-16,19H2,1-2H3,(H,33,34)/b7-3+,8-4+. The van der Waals surface area contributed by atoms with Gasteiger partial charge >= 0.3 is 6.09 Å². The molecule has 0 spiro atoms. The van der Waals surface area contributed by atoms with Gasteiger partial charge in [0.25, 0.3) is 0 Å². The second-order valence-corrected chi connectivity index (χ2v) is 7.92. The molecule has 0 saturated heterocycles. The number of phenols is 1. The van der Waals surface area contributed by atoms with E-state index < -0.39 is 6.09 Å². The Morgan fingerprint density at radius 2 is 1.33 bits per heavy atom. The average Bonchev–Trinajstić information content (AvgIpc) is 2.92. The second-order valence-electron chi connectivity index (χ2n) is 7.92. The molecule has 0 aromatic heterocycles. The zero-order valence-electron chi connectivity index (χ0n) is 21.9. The van der Waals surface area contributed by atoms with E-state index >= 15 is 0 Å². The summed E-state index contributed by atoms with van der Waals surface area (Å²) in [5.74, 6) is 0.549. The molecule has 2 rings (SSSR count). The zero-order valence-corrected chi connectivity index (χ0v) is 21.9. The van der Waals surface area contributed by atoms with Crippen LogP contribution < -0.4 is 19.5 Å². The van der Waals surface area contributed by atoms with Crippen molar-refractivity contribution in [2.45, 2.75) is 6.42 Å². The molecule has 39 heavy (non-hydrogen) atoms. The lowest BCUT2D eigenvalue weighted by atomic mass is 10.1. The summed E-state index contributed by atoms with van der Waals surface area (Å²) in [5, 5.41) is 20.3. The number of carbonyl (C=O) groups is 3. The molecule has 0 bridgehead atoms. The number of rotatable bonds is 18. The minimum absolute atomic E-state index is 0.00458. The first-order valence-electron chi connectivity index (χ1n) is 12.0. The molecule has 210 valence electrons. The van der Waals surface area contributed by atoms with Gasteiger partial charge in [-0.3, -0.25) is 9.59 Å². The third kappa shape index (κ3) is 12.2. The lowest BCUT2D eigenvalue weighted by Gasteiger charge is -2.11. The highest BCUT2D eigenvalue weighted by molar-refractivity contribution is 6.10. The van der Waals surface area contributed by atoms with Crippen molar-refractivity contribution in [1.29, 1.82) is 0 Å². The summed E-state index contributed by atoms with van der Waals surface area (Å²) >= 11 is 0. The monoisotopic (exact) mass is 543 g/mol. The maximum atomic E-state index is 12.2. The van der Waals surface area contributed by atoms with E-state index in [1.807, 2.05) is 0 Å². The number of hydrogen-bond acceptors (Lipinski definition) is 9. The molecule has 0 fully saturated rings. The number of hydrogen-bond donors (Lipinski definition) is 3. The van der Waals surface area contributed by atoms with Crippen LogP contribution in [0.15, 0.2) is 48.6 Å². The van der Waals surface area contributed by atoms with Gasteiger partial charge in [0.05, 0.1) is 47.1 Å². The molecule has 0 aliphatic carbocycles. The van der Waals surface area contributed by atoms with Gasteiger partial charge in [-0.2, -0.15) is 0 Å². The van der Waals surface area contributed by atoms with Crippen LogP contribution in [-0.4, -0.2) is 81.7 Å². The van der Waals surface area contributed by atoms with Crippen molar-refractivity contribution in [3.63, 3.8) is 0 Å². The number of nitrogens with one attached hydrogen (secondary N) is 1. The summed E-state index contributed by atoms with van der Waals surface area (Å²) in [6, 6.07) is 9.83. The number of ether oxygens (including phenoxy) is 5. The van der Waals surface area contributed by atoms with Gasteiger partial charge in [0.2, 0.25) is 0 Å². The van der Waals surface area contributed by atoms with Gasteiger partial charge < -0.3 is 39.2 Å². The van der Waals surface area contributed by atoms with Crippen molar-refractivity contribution in [3.05, 3.63) is 59.7 Å². The van der Waals surface area contributed by atoms with E-state index in [2.05, 4.69) is 5.32 Å². The topological polar surface area (TPSA) is 150 Å². The number of phenolic OH excluding ortho intramolecular Hbond substituents is 1. The normalized spacial score (nSPS) is 11.0. The molecule has 2 aromatic carbocycles. The number of carboxylic acid groups (broad SMARTS) is 1. The molecule has 0 unspecified atom stereocenters. The van der Waals surface area contributed by atoms with E-state index in [1.54, 1.807) is 42.5 Å². The van der Waals surface area contributed by atoms with E-state index in [0.29, 0.717) is 42.4 Å². The first-order chi connectivity index (χ1) is 18.8. The van der Waals surface area contributed by atoms with Gasteiger partial charge in [-0.05, 0) is 47.5 Å². The molecule has 0 atom stereocenters. The van der Waals surface area contributed by atoms with Gasteiger partial charge in [-0.1, -0.05) is 24.3 Å². The van der Waals surface area contributed by atoms with Crippen LogP contribution in [0.1, 0.15) is 17.5 Å². The minimum Gasteiger partial charge on any atom is -0.504 e. The van der Waals surface area contributed by atoms with E-state index in [9.17, 15) is 19.5 Å². The maximum Gasteiger partial charge on any atom is 0.404 e. The van der Waals surface area contributed by atoms with Crippen LogP contribution in [0.4, 0.5) is 4.79 Å². The van der Waals surface area contributed by atoms with Crippen molar-refractivity contribution in [1.82, 2.24) is 5.32 Å². The summed E-state index contributed by atoms with van der Waals surface area (Å²) in [6.07, 6.45) is 4.40. The van der Waals surface area contributed by atoms with Crippen molar-refractivity contribution in [2.24, 2.45) is 0 Å². The van der Waals surface area contributed by atoms with E-state index in [-0.39, 0.29) is 49.2 Å². The van der Waals surface area contributed by atoms with Crippen LogP contribution in [0.3, 0.4) is 0 Å². The highest BCUT2D eigenvalue weighted by Gasteiger charge is 2.07. The van der Waals surface area contributed by atoms with Crippen molar-refractivity contribution >= 4 is 29.8 Å². The highest BCUT2D eigenvalue weighted by Crippen LogP contribution is 2.29. The average molecular weight is 544 g/mol. The Morgan fingerprint density at radius 3 is 1.95 bits per heavy atom.